The van der Waals surface area contributed by atoms with Crippen molar-refractivity contribution in [3.8, 4) is 0 Å². The van der Waals surface area contributed by atoms with Crippen molar-refractivity contribution < 1.29 is 58.6 Å². The van der Waals surface area contributed by atoms with Gasteiger partial charge in [0.25, 0.3) is 0 Å². The fourth-order valence-electron chi connectivity index (χ4n) is 0. The third kappa shape index (κ3) is 8.83. The molecule has 0 aliphatic carbocycles. The maximum atomic E-state index is 0. The first-order valence-electron chi connectivity index (χ1n) is 0. The summed E-state index contributed by atoms with van der Waals surface area (Å²) in [5.74, 6) is 0. The Labute approximate surface area is 75.1 Å². The molecule has 0 saturated carbocycles. The summed E-state index contributed by atoms with van der Waals surface area (Å²) >= 11 is 0. The Morgan fingerprint density at radius 1 is 0.750 bits per heavy atom. The van der Waals surface area contributed by atoms with Gasteiger partial charge < -0.3 is 0 Å². The zero-order valence-electron chi connectivity index (χ0n) is 1.71. The van der Waals surface area contributed by atoms with Gasteiger partial charge in [-0.2, -0.15) is 0 Å². The molecule has 0 heterocycles. The summed E-state index contributed by atoms with van der Waals surface area (Å²) in [5.41, 5.74) is 0. The first-order valence-corrected chi connectivity index (χ1v) is 0. The Balaban J connectivity index is 0. The maximum Gasteiger partial charge on any atom is 0 e. The van der Waals surface area contributed by atoms with Crippen LogP contribution in [-0.4, -0.2) is 17.4 Å². The molecule has 3 radical (unpaired) electrons. The molecule has 0 spiro atoms. The first-order chi connectivity index (χ1) is 0. The third-order valence-corrected chi connectivity index (χ3v) is 0. The van der Waals surface area contributed by atoms with Crippen LogP contribution in [0.1, 0.15) is 0 Å². The Bertz CT molecular complexity index is 6.00. The molecule has 0 N–H and O–H groups in total. The Hall–Kier alpha value is 2.40. The molecule has 0 bridgehead atoms. The average Bonchev–Trinajstić information content (AvgIpc) is 0. The van der Waals surface area contributed by atoms with Gasteiger partial charge in [0.05, 0.1) is 0 Å². The van der Waals surface area contributed by atoms with Gasteiger partial charge in [-0.25, -0.2) is 0 Å². The second kappa shape index (κ2) is 18.1. The summed E-state index contributed by atoms with van der Waals surface area (Å²) in [6.07, 6.45) is 0. The minimum atomic E-state index is 0. The minimum absolute atomic E-state index is 0. The quantitative estimate of drug-likeness (QED) is 0.529. The van der Waals surface area contributed by atoms with E-state index in [2.05, 4.69) is 0 Å². The van der Waals surface area contributed by atoms with E-state index in [-0.39, 0.29) is 76.0 Å². The van der Waals surface area contributed by atoms with E-state index >= 15 is 0 Å². The van der Waals surface area contributed by atoms with Crippen molar-refractivity contribution in [3.63, 3.8) is 0 Å². The van der Waals surface area contributed by atoms with Gasteiger partial charge in [0, 0.05) is 76.0 Å². The summed E-state index contributed by atoms with van der Waals surface area (Å²) in [4.78, 5) is 0. The number of hydrogen-bond donors (Lipinski definition) is 0. The van der Waals surface area contributed by atoms with Gasteiger partial charge in [0.15, 0.2) is 0 Å². The zero-order chi connectivity index (χ0) is 0. The number of rotatable bonds is 0. The van der Waals surface area contributed by atoms with Gasteiger partial charge in [-0.15, -0.1) is 0 Å². The Morgan fingerprint density at radius 3 is 0.750 bits per heavy atom. The van der Waals surface area contributed by atoms with Crippen LogP contribution in [0.5, 0.6) is 0 Å². The van der Waals surface area contributed by atoms with Crippen molar-refractivity contribution in [3.05, 3.63) is 0 Å². The summed E-state index contributed by atoms with van der Waals surface area (Å²) in [7, 11) is 0. The van der Waals surface area contributed by atoms with E-state index in [0.29, 0.717) is 0 Å². The van der Waals surface area contributed by atoms with E-state index in [1.54, 1.807) is 0 Å². The van der Waals surface area contributed by atoms with Gasteiger partial charge in [-0.3, -0.25) is 0 Å². The van der Waals surface area contributed by atoms with E-state index in [1.165, 1.54) is 0 Å². The molecule has 4 heteroatoms. The summed E-state index contributed by atoms with van der Waals surface area (Å²) < 4.78 is 0. The molecule has 0 amide bonds. The number of hydrogen-bond acceptors (Lipinski definition) is 0. The standard InChI is InChI=1S/Al.2Mo.Ni. The van der Waals surface area contributed by atoms with Gasteiger partial charge >= 0.3 is 0 Å². The molecule has 0 fully saturated rings. The van der Waals surface area contributed by atoms with Crippen molar-refractivity contribution in [2.24, 2.45) is 0 Å². The maximum absolute atomic E-state index is 0. The van der Waals surface area contributed by atoms with Crippen LogP contribution in [0.4, 0.5) is 0 Å². The van der Waals surface area contributed by atoms with Crippen molar-refractivity contribution in [2.45, 2.75) is 0 Å². The van der Waals surface area contributed by atoms with E-state index in [1.807, 2.05) is 0 Å². The molecule has 0 unspecified atom stereocenters. The van der Waals surface area contributed by atoms with Crippen LogP contribution in [0, 0.1) is 0 Å². The molecule has 0 aliphatic heterocycles. The van der Waals surface area contributed by atoms with Crippen LogP contribution in [0.3, 0.4) is 0 Å². The molecule has 4 heavy (non-hydrogen) atoms. The molecular weight excluding hydrogens is 278 g/mol. The molecule has 0 saturated heterocycles. The van der Waals surface area contributed by atoms with Gasteiger partial charge in [-0.05, 0) is 0 Å². The van der Waals surface area contributed by atoms with E-state index in [9.17, 15) is 0 Å². The third-order valence-electron chi connectivity index (χ3n) is 0. The molecule has 0 aliphatic rings. The van der Waals surface area contributed by atoms with Gasteiger partial charge in [0.1, 0.15) is 0 Å². The van der Waals surface area contributed by atoms with Crippen LogP contribution >= 0.6 is 0 Å². The molecule has 0 atom stereocenters. The summed E-state index contributed by atoms with van der Waals surface area (Å²) in [6.45, 7) is 0. The van der Waals surface area contributed by atoms with E-state index in [0.717, 1.165) is 0 Å². The van der Waals surface area contributed by atoms with Gasteiger partial charge in [-0.1, -0.05) is 0 Å². The van der Waals surface area contributed by atoms with Crippen molar-refractivity contribution in [1.29, 1.82) is 0 Å². The molecule has 0 aromatic heterocycles. The fraction of sp³-hybridized carbons (Fsp3) is 0. The predicted octanol–water partition coefficient (Wildman–Crippen LogP) is -0.388. The second-order valence-electron chi connectivity index (χ2n) is 0. The summed E-state index contributed by atoms with van der Waals surface area (Å²) in [5, 5.41) is 0. The largest absolute Gasteiger partial charge is 0 e. The molecule has 0 rings (SSSR count). The van der Waals surface area contributed by atoms with Crippen molar-refractivity contribution in [2.75, 3.05) is 0 Å². The molecule has 0 nitrogen and oxygen atoms in total. The predicted molar refractivity (Wildman–Crippen MR) is 5.75 cm³/mol. The molecule has 25 valence electrons. The topological polar surface area (TPSA) is 0 Å². The second-order valence-corrected chi connectivity index (χ2v) is 0. The van der Waals surface area contributed by atoms with Crippen molar-refractivity contribution in [1.82, 2.24) is 0 Å². The normalized spacial score (nSPS) is 0. The Morgan fingerprint density at radius 2 is 0.750 bits per heavy atom. The Kier molecular flexibility index (Phi) is 147. The first kappa shape index (κ1) is 32.4. The molecule has 0 aromatic carbocycles. The van der Waals surface area contributed by atoms with E-state index in [4.69, 9.17) is 0 Å². The van der Waals surface area contributed by atoms with Crippen LogP contribution < -0.4 is 0 Å². The van der Waals surface area contributed by atoms with Crippen molar-refractivity contribution >= 4 is 17.4 Å². The van der Waals surface area contributed by atoms with Crippen LogP contribution in [0.15, 0.2) is 0 Å². The monoisotopic (exact) mass is 281 g/mol. The fourth-order valence-corrected chi connectivity index (χ4v) is 0. The smallest absolute Gasteiger partial charge is 0 e. The molecule has 0 aromatic rings. The summed E-state index contributed by atoms with van der Waals surface area (Å²) in [6, 6.07) is 0. The average molecular weight is 278 g/mol. The zero-order valence-corrected chi connectivity index (χ0v) is 7.87. The minimum Gasteiger partial charge on any atom is 0 e. The van der Waals surface area contributed by atoms with Gasteiger partial charge in [0.2, 0.25) is 0 Å². The van der Waals surface area contributed by atoms with Crippen LogP contribution in [-0.2, 0) is 58.6 Å². The van der Waals surface area contributed by atoms with E-state index < -0.39 is 0 Å². The van der Waals surface area contributed by atoms with Crippen LogP contribution in [0.25, 0.3) is 0 Å². The SMILES string of the molecule is [Al].[Mo].[Mo].[Ni]. The molecular formula is AlMo2Ni. The van der Waals surface area contributed by atoms with Crippen LogP contribution in [0.2, 0.25) is 0 Å².